The fourth-order valence-corrected chi connectivity index (χ4v) is 6.92. The third-order valence-corrected chi connectivity index (χ3v) is 8.68. The number of alkyl halides is 2. The van der Waals surface area contributed by atoms with E-state index in [9.17, 15) is 13.6 Å². The fraction of sp³-hybridized carbons (Fsp3) is 0.400. The van der Waals surface area contributed by atoms with Crippen molar-refractivity contribution in [1.82, 2.24) is 19.4 Å². The number of imidazole rings is 1. The zero-order valence-corrected chi connectivity index (χ0v) is 21.8. The highest BCUT2D eigenvalue weighted by atomic mass is 19.3. The second kappa shape index (κ2) is 9.60. The Hall–Kier alpha value is -3.95. The van der Waals surface area contributed by atoms with Crippen molar-refractivity contribution in [3.8, 4) is 16.9 Å². The van der Waals surface area contributed by atoms with Gasteiger partial charge in [-0.2, -0.15) is 8.78 Å². The van der Waals surface area contributed by atoms with Gasteiger partial charge < -0.3 is 13.9 Å². The predicted octanol–water partition coefficient (Wildman–Crippen LogP) is 5.91. The van der Waals surface area contributed by atoms with Crippen molar-refractivity contribution in [2.45, 2.75) is 51.1 Å². The number of carbonyl (C=O) groups is 1. The van der Waals surface area contributed by atoms with Crippen molar-refractivity contribution in [2.75, 3.05) is 6.61 Å². The molecular formula is C30H27F3N4O3. The largest absolute Gasteiger partial charge is 0.466 e. The van der Waals surface area contributed by atoms with Crippen LogP contribution in [0.3, 0.4) is 0 Å². The van der Waals surface area contributed by atoms with Crippen molar-refractivity contribution in [3.63, 3.8) is 0 Å². The number of pyridine rings is 1. The summed E-state index contributed by atoms with van der Waals surface area (Å²) in [6, 6.07) is 8.17. The smallest absolute Gasteiger partial charge is 0.387 e. The molecule has 4 aromatic rings. The lowest BCUT2D eigenvalue weighted by Gasteiger charge is -2.17. The van der Waals surface area contributed by atoms with E-state index >= 15 is 4.39 Å². The first-order valence-corrected chi connectivity index (χ1v) is 13.7. The lowest BCUT2D eigenvalue weighted by Crippen LogP contribution is -2.13. The Morgan fingerprint density at radius 3 is 2.62 bits per heavy atom. The van der Waals surface area contributed by atoms with Crippen LogP contribution in [-0.2, 0) is 16.0 Å². The number of hydrogen-bond donors (Lipinski definition) is 0. The summed E-state index contributed by atoms with van der Waals surface area (Å²) >= 11 is 0. The Balaban J connectivity index is 1.16. The number of benzene rings is 1. The highest BCUT2D eigenvalue weighted by Gasteiger charge is 2.60. The summed E-state index contributed by atoms with van der Waals surface area (Å²) < 4.78 is 53.3. The van der Waals surface area contributed by atoms with Crippen molar-refractivity contribution in [1.29, 1.82) is 0 Å². The lowest BCUT2D eigenvalue weighted by molar-refractivity contribution is -0.145. The van der Waals surface area contributed by atoms with Crippen molar-refractivity contribution in [2.24, 2.45) is 17.8 Å². The molecule has 0 saturated heterocycles. The average Bonchev–Trinajstić information content (AvgIpc) is 3.25. The van der Waals surface area contributed by atoms with Gasteiger partial charge in [0.1, 0.15) is 23.0 Å². The molecule has 3 atom stereocenters. The molecule has 0 N–H and O–H groups in total. The minimum Gasteiger partial charge on any atom is -0.466 e. The van der Waals surface area contributed by atoms with E-state index in [0.717, 1.165) is 24.2 Å². The highest BCUT2D eigenvalue weighted by Crippen LogP contribution is 2.62. The summed E-state index contributed by atoms with van der Waals surface area (Å²) in [5.41, 5.74) is 3.65. The lowest BCUT2D eigenvalue weighted by atomic mass is 9.95. The molecular weight excluding hydrogens is 521 g/mol. The number of esters is 1. The van der Waals surface area contributed by atoms with Gasteiger partial charge in [0.2, 0.25) is 0 Å². The molecule has 7 rings (SSSR count). The number of ether oxygens (including phenoxy) is 2. The number of para-hydroxylation sites is 1. The number of aromatic nitrogens is 4. The second-order valence-corrected chi connectivity index (χ2v) is 10.8. The molecule has 40 heavy (non-hydrogen) atoms. The maximum absolute atomic E-state index is 15.3. The molecule has 3 unspecified atom stereocenters. The Morgan fingerprint density at radius 2 is 1.90 bits per heavy atom. The van der Waals surface area contributed by atoms with E-state index in [0.29, 0.717) is 59.4 Å². The van der Waals surface area contributed by atoms with Crippen LogP contribution in [0, 0.1) is 23.6 Å². The molecule has 3 aliphatic rings. The van der Waals surface area contributed by atoms with Gasteiger partial charge >= 0.3 is 12.6 Å². The Kier molecular flexibility index (Phi) is 6.01. The molecule has 3 aliphatic carbocycles. The maximum Gasteiger partial charge on any atom is 0.387 e. The second-order valence-electron chi connectivity index (χ2n) is 10.8. The van der Waals surface area contributed by atoms with E-state index in [1.807, 2.05) is 11.3 Å². The van der Waals surface area contributed by atoms with Crippen LogP contribution in [0.15, 0.2) is 48.9 Å². The SMILES string of the molecule is CCOC(=O)C1C2CC(c3ncc(-c4cn5c6c(nc5cc4F)CCC6c4ccccc4OC(F)F)cn3)CC21. The van der Waals surface area contributed by atoms with E-state index in [1.165, 1.54) is 12.1 Å². The Bertz CT molecular complexity index is 1590. The molecule has 2 fully saturated rings. The molecule has 0 radical (unpaired) electrons. The number of nitrogens with zero attached hydrogens (tertiary/aromatic N) is 4. The summed E-state index contributed by atoms with van der Waals surface area (Å²) in [5.74, 6) is 0.930. The van der Waals surface area contributed by atoms with Gasteiger partial charge in [0.15, 0.2) is 0 Å². The van der Waals surface area contributed by atoms with Crippen LogP contribution in [0.5, 0.6) is 5.75 Å². The summed E-state index contributed by atoms with van der Waals surface area (Å²) in [6.07, 6.45) is 8.02. The Labute approximate surface area is 228 Å². The number of carbonyl (C=O) groups excluding carboxylic acids is 1. The van der Waals surface area contributed by atoms with Gasteiger partial charge in [0.05, 0.1) is 23.9 Å². The van der Waals surface area contributed by atoms with Crippen LogP contribution in [0.1, 0.15) is 60.8 Å². The van der Waals surface area contributed by atoms with Gasteiger partial charge in [-0.05, 0) is 50.5 Å². The van der Waals surface area contributed by atoms with Crippen molar-refractivity contribution < 1.29 is 27.4 Å². The number of hydrogen-bond acceptors (Lipinski definition) is 6. The molecule has 0 spiro atoms. The predicted molar refractivity (Wildman–Crippen MR) is 138 cm³/mol. The third kappa shape index (κ3) is 4.12. The summed E-state index contributed by atoms with van der Waals surface area (Å²) in [6.45, 7) is -0.714. The number of halogens is 3. The monoisotopic (exact) mass is 548 g/mol. The van der Waals surface area contributed by atoms with E-state index in [2.05, 4.69) is 15.0 Å². The topological polar surface area (TPSA) is 78.6 Å². The molecule has 0 aliphatic heterocycles. The van der Waals surface area contributed by atoms with E-state index < -0.39 is 12.4 Å². The third-order valence-electron chi connectivity index (χ3n) is 8.68. The van der Waals surface area contributed by atoms with Crippen LogP contribution >= 0.6 is 0 Å². The van der Waals surface area contributed by atoms with Crippen molar-refractivity contribution >= 4 is 11.6 Å². The quantitative estimate of drug-likeness (QED) is 0.267. The highest BCUT2D eigenvalue weighted by molar-refractivity contribution is 5.77. The molecule has 1 aromatic carbocycles. The standard InChI is InChI=1S/C30H27F3N4O3/c1-2-39-29(38)26-19-9-15(10-20(19)26)28-34-12-16(13-35-28)21-14-37-25(11-22(21)31)36-23-8-7-18(27(23)37)17-5-3-4-6-24(17)40-30(32)33/h3-6,11-15,18-20,26,30H,2,7-10H2,1H3. The molecule has 2 saturated carbocycles. The van der Waals surface area contributed by atoms with Crippen LogP contribution in [0.25, 0.3) is 16.8 Å². The first-order valence-electron chi connectivity index (χ1n) is 13.7. The number of fused-ring (bicyclic) bond motifs is 4. The minimum absolute atomic E-state index is 0.00549. The summed E-state index contributed by atoms with van der Waals surface area (Å²) in [5, 5.41) is 0. The summed E-state index contributed by atoms with van der Waals surface area (Å²) in [7, 11) is 0. The van der Waals surface area contributed by atoms with E-state index in [-0.39, 0.29) is 29.5 Å². The van der Waals surface area contributed by atoms with Crippen molar-refractivity contribution in [3.05, 3.63) is 77.5 Å². The Morgan fingerprint density at radius 1 is 1.15 bits per heavy atom. The van der Waals surface area contributed by atoms with Gasteiger partial charge in [-0.1, -0.05) is 18.2 Å². The van der Waals surface area contributed by atoms with Crippen LogP contribution in [-0.4, -0.2) is 38.5 Å². The van der Waals surface area contributed by atoms with Gasteiger partial charge in [0, 0.05) is 53.2 Å². The zero-order chi connectivity index (χ0) is 27.5. The first-order chi connectivity index (χ1) is 19.4. The van der Waals surface area contributed by atoms with Gasteiger partial charge in [0.25, 0.3) is 0 Å². The minimum atomic E-state index is -2.93. The number of rotatable bonds is 7. The van der Waals surface area contributed by atoms with Gasteiger partial charge in [-0.15, -0.1) is 0 Å². The van der Waals surface area contributed by atoms with Crippen LogP contribution in [0.2, 0.25) is 0 Å². The van der Waals surface area contributed by atoms with E-state index in [4.69, 9.17) is 9.47 Å². The van der Waals surface area contributed by atoms with Crippen LogP contribution < -0.4 is 4.74 Å². The maximum atomic E-state index is 15.3. The molecule has 3 aromatic heterocycles. The van der Waals surface area contributed by atoms with E-state index in [1.54, 1.807) is 36.8 Å². The summed E-state index contributed by atoms with van der Waals surface area (Å²) in [4.78, 5) is 25.9. The number of aryl methyl sites for hydroxylation is 1. The van der Waals surface area contributed by atoms with Gasteiger partial charge in [-0.25, -0.2) is 19.3 Å². The van der Waals surface area contributed by atoms with Crippen LogP contribution in [0.4, 0.5) is 13.2 Å². The molecule has 0 bridgehead atoms. The average molecular weight is 549 g/mol. The molecule has 0 amide bonds. The molecule has 10 heteroatoms. The molecule has 7 nitrogen and oxygen atoms in total. The zero-order valence-electron chi connectivity index (χ0n) is 21.8. The first kappa shape index (κ1) is 25.0. The fourth-order valence-electron chi connectivity index (χ4n) is 6.92. The normalized spacial score (nSPS) is 24.8. The molecule has 3 heterocycles. The molecule has 206 valence electrons. The van der Waals surface area contributed by atoms with Gasteiger partial charge in [-0.3, -0.25) is 4.79 Å².